The lowest BCUT2D eigenvalue weighted by Gasteiger charge is -2.00. The molecule has 2 heteroatoms. The summed E-state index contributed by atoms with van der Waals surface area (Å²) in [6.45, 7) is 3.79. The number of para-hydroxylation sites is 1. The largest absolute Gasteiger partial charge is 0.256 e. The number of aliphatic imine (C=N–C) groups is 1. The second-order valence-electron chi connectivity index (χ2n) is 3.79. The fourth-order valence-corrected chi connectivity index (χ4v) is 2.02. The standard InChI is InChI=1S/C16H15NS/c1-3-14-6-4-5-7-16(14)17-12-13-8-10-15(18-2)11-9-13/h3-12H,1H2,2H3. The minimum Gasteiger partial charge on any atom is -0.256 e. The van der Waals surface area contributed by atoms with Crippen molar-refractivity contribution in [3.63, 3.8) is 0 Å². The lowest BCUT2D eigenvalue weighted by atomic mass is 10.2. The van der Waals surface area contributed by atoms with E-state index in [9.17, 15) is 0 Å². The Hall–Kier alpha value is -1.80. The van der Waals surface area contributed by atoms with Crippen LogP contribution in [0.2, 0.25) is 0 Å². The van der Waals surface area contributed by atoms with Crippen molar-refractivity contribution in [2.75, 3.05) is 6.26 Å². The van der Waals surface area contributed by atoms with Crippen molar-refractivity contribution >= 4 is 29.7 Å². The molecule has 0 atom stereocenters. The summed E-state index contributed by atoms with van der Waals surface area (Å²) in [5.41, 5.74) is 3.10. The fraction of sp³-hybridized carbons (Fsp3) is 0.0625. The molecule has 18 heavy (non-hydrogen) atoms. The van der Waals surface area contributed by atoms with Gasteiger partial charge in [-0.25, -0.2) is 0 Å². The quantitative estimate of drug-likeness (QED) is 0.563. The van der Waals surface area contributed by atoms with Crippen molar-refractivity contribution in [1.29, 1.82) is 0 Å². The molecule has 0 saturated carbocycles. The van der Waals surface area contributed by atoms with Gasteiger partial charge >= 0.3 is 0 Å². The summed E-state index contributed by atoms with van der Waals surface area (Å²) in [4.78, 5) is 5.76. The van der Waals surface area contributed by atoms with Gasteiger partial charge in [0.05, 0.1) is 5.69 Å². The number of hydrogen-bond acceptors (Lipinski definition) is 2. The van der Waals surface area contributed by atoms with Gasteiger partial charge in [-0.3, -0.25) is 4.99 Å². The minimum absolute atomic E-state index is 0.946. The maximum Gasteiger partial charge on any atom is 0.0701 e. The average molecular weight is 253 g/mol. The van der Waals surface area contributed by atoms with Gasteiger partial charge < -0.3 is 0 Å². The van der Waals surface area contributed by atoms with Crippen LogP contribution in [0.15, 0.2) is 65.0 Å². The van der Waals surface area contributed by atoms with Crippen LogP contribution in [0.25, 0.3) is 6.08 Å². The molecule has 2 aromatic rings. The molecule has 90 valence electrons. The van der Waals surface area contributed by atoms with Gasteiger partial charge in [-0.2, -0.15) is 0 Å². The number of benzene rings is 2. The Morgan fingerprint density at radius 3 is 2.44 bits per heavy atom. The van der Waals surface area contributed by atoms with Crippen LogP contribution in [-0.4, -0.2) is 12.5 Å². The first-order valence-corrected chi connectivity index (χ1v) is 6.95. The Balaban J connectivity index is 2.21. The zero-order valence-corrected chi connectivity index (χ0v) is 11.2. The van der Waals surface area contributed by atoms with Crippen molar-refractivity contribution in [2.45, 2.75) is 4.90 Å². The first-order chi connectivity index (χ1) is 8.83. The lowest BCUT2D eigenvalue weighted by molar-refractivity contribution is 1.45. The molecule has 0 spiro atoms. The van der Waals surface area contributed by atoms with Crippen LogP contribution in [0, 0.1) is 0 Å². The second kappa shape index (κ2) is 6.22. The number of nitrogens with zero attached hydrogens (tertiary/aromatic N) is 1. The molecule has 0 aliphatic rings. The molecule has 0 heterocycles. The van der Waals surface area contributed by atoms with E-state index in [1.807, 2.05) is 36.6 Å². The van der Waals surface area contributed by atoms with Crippen LogP contribution in [0.4, 0.5) is 5.69 Å². The first kappa shape index (κ1) is 12.7. The van der Waals surface area contributed by atoms with Crippen LogP contribution in [-0.2, 0) is 0 Å². The molecule has 0 unspecified atom stereocenters. The second-order valence-corrected chi connectivity index (χ2v) is 4.67. The topological polar surface area (TPSA) is 12.4 Å². The van der Waals surface area contributed by atoms with E-state index in [0.717, 1.165) is 16.8 Å². The smallest absolute Gasteiger partial charge is 0.0701 e. The molecular weight excluding hydrogens is 238 g/mol. The number of hydrogen-bond donors (Lipinski definition) is 0. The third-order valence-electron chi connectivity index (χ3n) is 2.63. The maximum absolute atomic E-state index is 4.50. The normalized spacial score (nSPS) is 10.7. The molecule has 0 bridgehead atoms. The van der Waals surface area contributed by atoms with Gasteiger partial charge in [0.25, 0.3) is 0 Å². The molecule has 0 N–H and O–H groups in total. The van der Waals surface area contributed by atoms with E-state index in [0.29, 0.717) is 0 Å². The maximum atomic E-state index is 4.50. The Kier molecular flexibility index (Phi) is 4.37. The summed E-state index contributed by atoms with van der Waals surface area (Å²) in [5, 5.41) is 0. The van der Waals surface area contributed by atoms with Gasteiger partial charge in [-0.05, 0) is 35.6 Å². The van der Waals surface area contributed by atoms with Crippen LogP contribution in [0.1, 0.15) is 11.1 Å². The molecule has 0 amide bonds. The monoisotopic (exact) mass is 253 g/mol. The Morgan fingerprint density at radius 1 is 1.06 bits per heavy atom. The lowest BCUT2D eigenvalue weighted by Crippen LogP contribution is -1.81. The van der Waals surface area contributed by atoms with Crippen molar-refractivity contribution < 1.29 is 0 Å². The van der Waals surface area contributed by atoms with E-state index in [4.69, 9.17) is 0 Å². The van der Waals surface area contributed by atoms with E-state index in [2.05, 4.69) is 42.1 Å². The summed E-state index contributed by atoms with van der Waals surface area (Å²) in [6, 6.07) is 16.3. The summed E-state index contributed by atoms with van der Waals surface area (Å²) >= 11 is 1.74. The molecule has 2 aromatic carbocycles. The van der Waals surface area contributed by atoms with Crippen LogP contribution >= 0.6 is 11.8 Å². The highest BCUT2D eigenvalue weighted by Gasteiger charge is 1.95. The van der Waals surface area contributed by atoms with E-state index < -0.39 is 0 Å². The molecule has 0 radical (unpaired) electrons. The molecule has 2 rings (SSSR count). The van der Waals surface area contributed by atoms with Gasteiger partial charge in [-0.1, -0.05) is 43.0 Å². The summed E-state index contributed by atoms with van der Waals surface area (Å²) in [5.74, 6) is 0. The average Bonchev–Trinajstić information content (AvgIpc) is 2.46. The van der Waals surface area contributed by atoms with Gasteiger partial charge in [0.1, 0.15) is 0 Å². The van der Waals surface area contributed by atoms with Gasteiger partial charge in [0.2, 0.25) is 0 Å². The van der Waals surface area contributed by atoms with Gasteiger partial charge in [0.15, 0.2) is 0 Å². The first-order valence-electron chi connectivity index (χ1n) is 5.73. The minimum atomic E-state index is 0.946. The predicted molar refractivity (Wildman–Crippen MR) is 82.0 cm³/mol. The molecule has 0 aliphatic carbocycles. The van der Waals surface area contributed by atoms with Crippen molar-refractivity contribution in [3.05, 3.63) is 66.2 Å². The van der Waals surface area contributed by atoms with E-state index in [1.165, 1.54) is 4.90 Å². The molecular formula is C16H15NS. The van der Waals surface area contributed by atoms with Crippen molar-refractivity contribution in [3.8, 4) is 0 Å². The molecule has 0 fully saturated rings. The molecule has 0 saturated heterocycles. The Labute approximate surface area is 112 Å². The van der Waals surface area contributed by atoms with E-state index >= 15 is 0 Å². The van der Waals surface area contributed by atoms with Crippen molar-refractivity contribution in [1.82, 2.24) is 0 Å². The van der Waals surface area contributed by atoms with Crippen LogP contribution < -0.4 is 0 Å². The summed E-state index contributed by atoms with van der Waals surface area (Å²) in [7, 11) is 0. The fourth-order valence-electron chi connectivity index (χ4n) is 1.61. The zero-order chi connectivity index (χ0) is 12.8. The van der Waals surface area contributed by atoms with E-state index in [1.54, 1.807) is 11.8 Å². The Morgan fingerprint density at radius 2 is 1.78 bits per heavy atom. The number of thioether (sulfide) groups is 1. The molecule has 0 aliphatic heterocycles. The van der Waals surface area contributed by atoms with Crippen LogP contribution in [0.3, 0.4) is 0 Å². The highest BCUT2D eigenvalue weighted by atomic mass is 32.2. The zero-order valence-electron chi connectivity index (χ0n) is 10.3. The van der Waals surface area contributed by atoms with Crippen molar-refractivity contribution in [2.24, 2.45) is 4.99 Å². The Bertz CT molecular complexity index is 556. The SMILES string of the molecule is C=Cc1ccccc1N=Cc1ccc(SC)cc1. The third kappa shape index (κ3) is 3.11. The molecule has 1 nitrogen and oxygen atoms in total. The summed E-state index contributed by atoms with van der Waals surface area (Å²) in [6.07, 6.45) is 5.78. The third-order valence-corrected chi connectivity index (χ3v) is 3.37. The number of rotatable bonds is 4. The van der Waals surface area contributed by atoms with Gasteiger partial charge in [0, 0.05) is 11.1 Å². The highest BCUT2D eigenvalue weighted by Crippen LogP contribution is 2.20. The van der Waals surface area contributed by atoms with Gasteiger partial charge in [-0.15, -0.1) is 11.8 Å². The molecule has 0 aromatic heterocycles. The van der Waals surface area contributed by atoms with E-state index in [-0.39, 0.29) is 0 Å². The highest BCUT2D eigenvalue weighted by molar-refractivity contribution is 7.98. The predicted octanol–water partition coefficient (Wildman–Crippen LogP) is 4.80. The summed E-state index contributed by atoms with van der Waals surface area (Å²) < 4.78 is 0. The van der Waals surface area contributed by atoms with Crippen LogP contribution in [0.5, 0.6) is 0 Å².